The summed E-state index contributed by atoms with van der Waals surface area (Å²) < 4.78 is 56.3. The van der Waals surface area contributed by atoms with Gasteiger partial charge in [0.1, 0.15) is 11.7 Å². The molecule has 0 bridgehead atoms. The van der Waals surface area contributed by atoms with Gasteiger partial charge in [-0.15, -0.1) is 0 Å². The summed E-state index contributed by atoms with van der Waals surface area (Å²) in [5.74, 6) is -1.98. The molecule has 0 saturated heterocycles. The van der Waals surface area contributed by atoms with Gasteiger partial charge in [0, 0.05) is 25.1 Å². The van der Waals surface area contributed by atoms with E-state index in [-0.39, 0.29) is 24.2 Å². The Kier molecular flexibility index (Phi) is 5.16. The van der Waals surface area contributed by atoms with E-state index < -0.39 is 31.3 Å². The van der Waals surface area contributed by atoms with Gasteiger partial charge in [-0.25, -0.2) is 17.8 Å². The molecule has 0 aromatic heterocycles. The van der Waals surface area contributed by atoms with Crippen LogP contribution in [0.4, 0.5) is 13.2 Å². The summed E-state index contributed by atoms with van der Waals surface area (Å²) >= 11 is 0. The van der Waals surface area contributed by atoms with Crippen LogP contribution in [-0.2, 0) is 10.2 Å². The fraction of sp³-hybridized carbons (Fsp3) is 0.333. The number of rotatable bonds is 5. The SMILES string of the molecule is CCN(CC1=C(F)CC(F)(c2ccccc2)C=C1F)P(N)(N)=O. The number of hydrogen-bond donors (Lipinski definition) is 2. The lowest BCUT2D eigenvalue weighted by molar-refractivity contribution is 0.208. The molecule has 4 nitrogen and oxygen atoms in total. The van der Waals surface area contributed by atoms with Crippen LogP contribution >= 0.6 is 7.59 Å². The highest BCUT2D eigenvalue weighted by Gasteiger charge is 2.38. The Bertz CT molecular complexity index is 686. The van der Waals surface area contributed by atoms with Crippen molar-refractivity contribution in [3.05, 3.63) is 59.2 Å². The van der Waals surface area contributed by atoms with Crippen molar-refractivity contribution >= 4 is 7.59 Å². The van der Waals surface area contributed by atoms with E-state index in [1.165, 1.54) is 12.1 Å². The number of benzene rings is 1. The lowest BCUT2D eigenvalue weighted by Gasteiger charge is -2.30. The number of nitrogens with two attached hydrogens (primary N) is 2. The maximum atomic E-state index is 14.9. The molecule has 1 unspecified atom stereocenters. The van der Waals surface area contributed by atoms with Gasteiger partial charge in [0.05, 0.1) is 0 Å². The van der Waals surface area contributed by atoms with Gasteiger partial charge in [-0.3, -0.25) is 15.6 Å². The molecule has 0 spiro atoms. The first-order chi connectivity index (χ1) is 10.7. The summed E-state index contributed by atoms with van der Waals surface area (Å²) in [5.41, 5.74) is 8.22. The summed E-state index contributed by atoms with van der Waals surface area (Å²) in [6.45, 7) is 1.38. The van der Waals surface area contributed by atoms with E-state index in [9.17, 15) is 17.7 Å². The summed E-state index contributed by atoms with van der Waals surface area (Å²) in [6, 6.07) is 7.81. The highest BCUT2D eigenvalue weighted by atomic mass is 31.2. The number of nitrogens with zero attached hydrogens (tertiary/aromatic N) is 1. The molecule has 2 rings (SSSR count). The van der Waals surface area contributed by atoms with E-state index in [0.717, 1.165) is 10.7 Å². The normalized spacial score (nSPS) is 22.5. The molecule has 0 heterocycles. The summed E-state index contributed by atoms with van der Waals surface area (Å²) in [5, 5.41) is 0. The molecule has 4 N–H and O–H groups in total. The summed E-state index contributed by atoms with van der Waals surface area (Å²) in [6.07, 6.45) is 0.114. The van der Waals surface area contributed by atoms with E-state index in [1.807, 2.05) is 0 Å². The first kappa shape index (κ1) is 17.9. The summed E-state index contributed by atoms with van der Waals surface area (Å²) in [7, 11) is -3.64. The van der Waals surface area contributed by atoms with E-state index in [2.05, 4.69) is 0 Å². The molecule has 1 aromatic carbocycles. The van der Waals surface area contributed by atoms with Gasteiger partial charge in [-0.1, -0.05) is 37.3 Å². The highest BCUT2D eigenvalue weighted by molar-refractivity contribution is 7.56. The van der Waals surface area contributed by atoms with Gasteiger partial charge in [0.2, 0.25) is 0 Å². The molecule has 126 valence electrons. The molecule has 1 atom stereocenters. The van der Waals surface area contributed by atoms with E-state index in [4.69, 9.17) is 11.0 Å². The smallest absolute Gasteiger partial charge is 0.271 e. The number of hydrogen-bond acceptors (Lipinski definition) is 1. The minimum Gasteiger partial charge on any atom is -0.271 e. The molecule has 0 fully saturated rings. The van der Waals surface area contributed by atoms with Crippen LogP contribution in [0.15, 0.2) is 53.6 Å². The van der Waals surface area contributed by atoms with E-state index in [1.54, 1.807) is 25.1 Å². The third-order valence-electron chi connectivity index (χ3n) is 3.79. The van der Waals surface area contributed by atoms with Crippen LogP contribution in [0.2, 0.25) is 0 Å². The Morgan fingerprint density at radius 3 is 2.35 bits per heavy atom. The molecule has 0 saturated carbocycles. The second kappa shape index (κ2) is 6.61. The lowest BCUT2D eigenvalue weighted by Crippen LogP contribution is -2.32. The predicted molar refractivity (Wildman–Crippen MR) is 84.4 cm³/mol. The molecule has 0 radical (unpaired) electrons. The standard InChI is InChI=1S/C15H19F3N3OP/c1-2-21(23(19,20)22)10-12-13(16)8-15(18,9-14(12)17)11-6-4-3-5-7-11/h3-8H,2,9-10H2,1H3,(H4,19,20,22). The third kappa shape index (κ3) is 3.93. The molecule has 0 aliphatic heterocycles. The van der Waals surface area contributed by atoms with Crippen molar-refractivity contribution in [3.63, 3.8) is 0 Å². The van der Waals surface area contributed by atoms with Crippen molar-refractivity contribution in [2.75, 3.05) is 13.1 Å². The fourth-order valence-electron chi connectivity index (χ4n) is 2.49. The van der Waals surface area contributed by atoms with Gasteiger partial charge in [0.15, 0.2) is 5.67 Å². The van der Waals surface area contributed by atoms with Crippen LogP contribution in [0.1, 0.15) is 18.9 Å². The first-order valence-corrected chi connectivity index (χ1v) is 8.90. The highest BCUT2D eigenvalue weighted by Crippen LogP contribution is 2.44. The second-order valence-corrected chi connectivity index (χ2v) is 7.34. The van der Waals surface area contributed by atoms with Crippen molar-refractivity contribution in [1.82, 2.24) is 4.67 Å². The topological polar surface area (TPSA) is 72.3 Å². The Balaban J connectivity index is 2.31. The maximum absolute atomic E-state index is 14.9. The molecular weight excluding hydrogens is 326 g/mol. The largest absolute Gasteiger partial charge is 0.276 e. The number of alkyl halides is 1. The summed E-state index contributed by atoms with van der Waals surface area (Å²) in [4.78, 5) is 0. The number of halogens is 3. The Morgan fingerprint density at radius 2 is 1.87 bits per heavy atom. The van der Waals surface area contributed by atoms with Crippen molar-refractivity contribution < 1.29 is 17.7 Å². The van der Waals surface area contributed by atoms with Crippen molar-refractivity contribution in [2.24, 2.45) is 11.0 Å². The van der Waals surface area contributed by atoms with Crippen LogP contribution in [0, 0.1) is 0 Å². The van der Waals surface area contributed by atoms with Crippen LogP contribution in [0.5, 0.6) is 0 Å². The fourth-order valence-corrected chi connectivity index (χ4v) is 3.29. The van der Waals surface area contributed by atoms with Crippen molar-refractivity contribution in [3.8, 4) is 0 Å². The zero-order chi connectivity index (χ0) is 17.3. The second-order valence-electron chi connectivity index (χ2n) is 5.43. The van der Waals surface area contributed by atoms with Crippen molar-refractivity contribution in [1.29, 1.82) is 0 Å². The molecule has 1 aliphatic rings. The lowest BCUT2D eigenvalue weighted by atomic mass is 9.86. The first-order valence-electron chi connectivity index (χ1n) is 7.10. The van der Waals surface area contributed by atoms with Crippen LogP contribution in [-0.4, -0.2) is 17.8 Å². The molecule has 1 aromatic rings. The van der Waals surface area contributed by atoms with Crippen molar-refractivity contribution in [2.45, 2.75) is 19.0 Å². The van der Waals surface area contributed by atoms with Gasteiger partial charge in [-0.05, 0) is 11.6 Å². The molecule has 8 heteroatoms. The van der Waals surface area contributed by atoms with Gasteiger partial charge in [-0.2, -0.15) is 0 Å². The monoisotopic (exact) mass is 345 g/mol. The molecule has 1 aliphatic carbocycles. The number of likely N-dealkylation sites (N-methyl/N-ethyl adjacent to an activating group) is 1. The van der Waals surface area contributed by atoms with Gasteiger partial charge < -0.3 is 0 Å². The number of allylic oxidation sites excluding steroid dienone is 2. The maximum Gasteiger partial charge on any atom is 0.276 e. The van der Waals surface area contributed by atoms with Crippen LogP contribution in [0.25, 0.3) is 0 Å². The van der Waals surface area contributed by atoms with E-state index >= 15 is 0 Å². The van der Waals surface area contributed by atoms with Crippen LogP contribution < -0.4 is 11.0 Å². The minimum absolute atomic E-state index is 0.147. The van der Waals surface area contributed by atoms with Gasteiger partial charge >= 0.3 is 0 Å². The Morgan fingerprint density at radius 1 is 1.26 bits per heavy atom. The zero-order valence-corrected chi connectivity index (χ0v) is 13.6. The van der Waals surface area contributed by atoms with Gasteiger partial charge in [0.25, 0.3) is 7.59 Å². The minimum atomic E-state index is -3.64. The Labute approximate surface area is 133 Å². The molecule has 23 heavy (non-hydrogen) atoms. The average Bonchev–Trinajstić information content (AvgIpc) is 2.46. The third-order valence-corrected chi connectivity index (χ3v) is 5.09. The predicted octanol–water partition coefficient (Wildman–Crippen LogP) is 3.68. The average molecular weight is 345 g/mol. The molecular formula is C15H19F3N3OP. The molecule has 0 amide bonds. The Hall–Kier alpha value is -1.40. The quantitative estimate of drug-likeness (QED) is 0.799. The van der Waals surface area contributed by atoms with E-state index in [0.29, 0.717) is 0 Å². The zero-order valence-electron chi connectivity index (χ0n) is 12.7. The van der Waals surface area contributed by atoms with Crippen LogP contribution in [0.3, 0.4) is 0 Å².